The van der Waals surface area contributed by atoms with Gasteiger partial charge in [-0.3, -0.25) is 13.9 Å². The van der Waals surface area contributed by atoms with E-state index >= 15 is 0 Å². The predicted octanol–water partition coefficient (Wildman–Crippen LogP) is 3.43. The van der Waals surface area contributed by atoms with Crippen LogP contribution < -0.4 is 9.62 Å². The van der Waals surface area contributed by atoms with E-state index < -0.39 is 27.5 Å². The summed E-state index contributed by atoms with van der Waals surface area (Å²) in [6.07, 6.45) is 1.62. The van der Waals surface area contributed by atoms with Crippen LogP contribution >= 0.6 is 22.6 Å². The topological polar surface area (TPSA) is 86.8 Å². The minimum atomic E-state index is -3.72. The molecule has 0 radical (unpaired) electrons. The Morgan fingerprint density at radius 3 is 2.12 bits per heavy atom. The molecular weight excluding hydrogens is 553 g/mol. The maximum atomic E-state index is 13.4. The van der Waals surface area contributed by atoms with E-state index in [9.17, 15) is 18.0 Å². The van der Waals surface area contributed by atoms with E-state index in [1.54, 1.807) is 31.2 Å². The van der Waals surface area contributed by atoms with Crippen LogP contribution in [0.1, 0.15) is 33.3 Å². The first-order chi connectivity index (χ1) is 15.3. The first-order valence-corrected chi connectivity index (χ1v) is 13.6. The van der Waals surface area contributed by atoms with E-state index in [1.165, 1.54) is 4.90 Å². The van der Waals surface area contributed by atoms with Crippen LogP contribution in [0.15, 0.2) is 54.6 Å². The van der Waals surface area contributed by atoms with Crippen LogP contribution in [-0.2, 0) is 26.0 Å². The normalized spacial score (nSPS) is 12.7. The zero-order valence-corrected chi connectivity index (χ0v) is 22.7. The molecule has 1 N–H and O–H groups in total. The molecule has 0 heterocycles. The summed E-state index contributed by atoms with van der Waals surface area (Å²) in [6, 6.07) is 15.8. The molecule has 0 saturated heterocycles. The van der Waals surface area contributed by atoms with Crippen molar-refractivity contribution < 1.29 is 18.0 Å². The van der Waals surface area contributed by atoms with Gasteiger partial charge in [0.05, 0.1) is 11.9 Å². The number of sulfonamides is 1. The summed E-state index contributed by atoms with van der Waals surface area (Å²) in [5.41, 5.74) is 0.969. The fourth-order valence-corrected chi connectivity index (χ4v) is 4.47. The van der Waals surface area contributed by atoms with E-state index in [2.05, 4.69) is 27.9 Å². The first kappa shape index (κ1) is 27.1. The summed E-state index contributed by atoms with van der Waals surface area (Å²) in [6.45, 7) is 7.18. The molecule has 2 aromatic rings. The molecule has 2 rings (SSSR count). The zero-order chi connectivity index (χ0) is 24.8. The summed E-state index contributed by atoms with van der Waals surface area (Å²) in [7, 11) is -3.72. The Morgan fingerprint density at radius 1 is 1.03 bits per heavy atom. The zero-order valence-electron chi connectivity index (χ0n) is 19.7. The van der Waals surface area contributed by atoms with Gasteiger partial charge in [-0.25, -0.2) is 8.42 Å². The molecule has 0 fully saturated rings. The first-order valence-electron chi connectivity index (χ1n) is 10.7. The molecule has 0 unspecified atom stereocenters. The summed E-state index contributed by atoms with van der Waals surface area (Å²) in [4.78, 5) is 27.7. The molecule has 0 aliphatic heterocycles. The number of amides is 2. The van der Waals surface area contributed by atoms with Crippen LogP contribution in [0.3, 0.4) is 0 Å². The van der Waals surface area contributed by atoms with E-state index in [-0.39, 0.29) is 19.0 Å². The van der Waals surface area contributed by atoms with Crippen molar-refractivity contribution in [3.05, 3.63) is 63.7 Å². The molecular formula is C24H32IN3O4S. The number of carbonyl (C=O) groups excluding carboxylic acids is 2. The average molecular weight is 586 g/mol. The fraction of sp³-hybridized carbons (Fsp3) is 0.417. The highest BCUT2D eigenvalue weighted by Crippen LogP contribution is 2.20. The lowest BCUT2D eigenvalue weighted by Crippen LogP contribution is -2.55. The van der Waals surface area contributed by atoms with Crippen LogP contribution in [0, 0.1) is 3.57 Å². The Labute approximate surface area is 210 Å². The van der Waals surface area contributed by atoms with Crippen molar-refractivity contribution in [3.63, 3.8) is 0 Å². The molecule has 9 heteroatoms. The van der Waals surface area contributed by atoms with Crippen molar-refractivity contribution in [2.75, 3.05) is 23.7 Å². The van der Waals surface area contributed by atoms with Gasteiger partial charge >= 0.3 is 0 Å². The highest BCUT2D eigenvalue weighted by Gasteiger charge is 2.31. The van der Waals surface area contributed by atoms with E-state index in [1.807, 2.05) is 51.1 Å². The molecule has 180 valence electrons. The van der Waals surface area contributed by atoms with Crippen LogP contribution in [0.4, 0.5) is 5.69 Å². The van der Waals surface area contributed by atoms with Gasteiger partial charge in [-0.05, 0) is 86.5 Å². The molecule has 0 aliphatic carbocycles. The smallest absolute Gasteiger partial charge is 0.244 e. The van der Waals surface area contributed by atoms with Crippen LogP contribution in [0.5, 0.6) is 0 Å². The number of anilines is 1. The minimum absolute atomic E-state index is 0.284. The highest BCUT2D eigenvalue weighted by molar-refractivity contribution is 14.1. The van der Waals surface area contributed by atoms with E-state index in [0.717, 1.165) is 19.7 Å². The van der Waals surface area contributed by atoms with Gasteiger partial charge in [0.15, 0.2) is 0 Å². The third kappa shape index (κ3) is 8.62. The monoisotopic (exact) mass is 585 g/mol. The number of rotatable bonds is 9. The molecule has 1 atom stereocenters. The summed E-state index contributed by atoms with van der Waals surface area (Å²) < 4.78 is 27.1. The molecule has 0 aliphatic rings. The lowest BCUT2D eigenvalue weighted by molar-refractivity contribution is -0.139. The number of hydrogen-bond acceptors (Lipinski definition) is 4. The van der Waals surface area contributed by atoms with Crippen molar-refractivity contribution >= 4 is 50.1 Å². The van der Waals surface area contributed by atoms with E-state index in [4.69, 9.17) is 0 Å². The molecule has 2 aromatic carbocycles. The maximum absolute atomic E-state index is 13.4. The van der Waals surface area contributed by atoms with Crippen molar-refractivity contribution in [1.29, 1.82) is 0 Å². The van der Waals surface area contributed by atoms with Gasteiger partial charge < -0.3 is 10.2 Å². The van der Waals surface area contributed by atoms with Gasteiger partial charge in [0, 0.05) is 15.7 Å². The molecule has 7 nitrogen and oxygen atoms in total. The number of hydrogen-bond donors (Lipinski definition) is 1. The highest BCUT2D eigenvalue weighted by atomic mass is 127. The van der Waals surface area contributed by atoms with Gasteiger partial charge in [-0.2, -0.15) is 0 Å². The Kier molecular flexibility index (Phi) is 9.30. The summed E-state index contributed by atoms with van der Waals surface area (Å²) in [5.74, 6) is -0.726. The SMILES string of the molecule is C[C@@H](C(=O)NC(C)(C)C)N(CCc1ccccc1)C(=O)CN(c1ccc(I)cc1)S(C)(=O)=O. The molecule has 0 spiro atoms. The number of nitrogens with zero attached hydrogens (tertiary/aromatic N) is 2. The van der Waals surface area contributed by atoms with Gasteiger partial charge in [0.25, 0.3) is 0 Å². The molecule has 0 saturated carbocycles. The third-order valence-electron chi connectivity index (χ3n) is 4.94. The van der Waals surface area contributed by atoms with Gasteiger partial charge in [0.2, 0.25) is 21.8 Å². The number of carbonyl (C=O) groups is 2. The quantitative estimate of drug-likeness (QED) is 0.457. The van der Waals surface area contributed by atoms with Gasteiger partial charge in [0.1, 0.15) is 12.6 Å². The van der Waals surface area contributed by atoms with Crippen molar-refractivity contribution in [2.45, 2.75) is 45.7 Å². The Hall–Kier alpha value is -2.14. The second-order valence-electron chi connectivity index (χ2n) is 8.98. The summed E-state index contributed by atoms with van der Waals surface area (Å²) in [5, 5.41) is 2.91. The fourth-order valence-electron chi connectivity index (χ4n) is 3.27. The van der Waals surface area contributed by atoms with Crippen LogP contribution in [0.2, 0.25) is 0 Å². The lowest BCUT2D eigenvalue weighted by atomic mass is 10.1. The Balaban J connectivity index is 2.31. The molecule has 2 amide bonds. The maximum Gasteiger partial charge on any atom is 0.244 e. The number of nitrogens with one attached hydrogen (secondary N) is 1. The third-order valence-corrected chi connectivity index (χ3v) is 6.80. The molecule has 0 aromatic heterocycles. The molecule has 0 bridgehead atoms. The number of halogens is 1. The lowest BCUT2D eigenvalue weighted by Gasteiger charge is -2.33. The van der Waals surface area contributed by atoms with E-state index in [0.29, 0.717) is 12.1 Å². The second-order valence-corrected chi connectivity index (χ2v) is 12.1. The van der Waals surface area contributed by atoms with Crippen LogP contribution in [-0.4, -0.2) is 56.1 Å². The Morgan fingerprint density at radius 2 is 1.61 bits per heavy atom. The standard InChI is InChI=1S/C24H32IN3O4S/c1-18(23(30)26-24(2,3)4)27(16-15-19-9-7-6-8-10-19)22(29)17-28(33(5,31)32)21-13-11-20(25)12-14-21/h6-14,18H,15-17H2,1-5H3,(H,26,30)/t18-/m0/s1. The van der Waals surface area contributed by atoms with Crippen molar-refractivity contribution in [2.24, 2.45) is 0 Å². The van der Waals surface area contributed by atoms with Crippen molar-refractivity contribution in [1.82, 2.24) is 10.2 Å². The largest absolute Gasteiger partial charge is 0.350 e. The van der Waals surface area contributed by atoms with Gasteiger partial charge in [-0.1, -0.05) is 30.3 Å². The summed E-state index contributed by atoms with van der Waals surface area (Å²) >= 11 is 2.13. The van der Waals surface area contributed by atoms with Crippen molar-refractivity contribution in [3.8, 4) is 0 Å². The van der Waals surface area contributed by atoms with Crippen LogP contribution in [0.25, 0.3) is 0 Å². The van der Waals surface area contributed by atoms with Gasteiger partial charge in [-0.15, -0.1) is 0 Å². The average Bonchev–Trinajstić information content (AvgIpc) is 2.71. The molecule has 33 heavy (non-hydrogen) atoms. The minimum Gasteiger partial charge on any atom is -0.350 e. The second kappa shape index (κ2) is 11.3. The predicted molar refractivity (Wildman–Crippen MR) is 141 cm³/mol. The number of benzene rings is 2. The Bertz CT molecular complexity index is 1050.